The highest BCUT2D eigenvalue weighted by molar-refractivity contribution is 7.80. The minimum Gasteiger partial charge on any atom is -0.507 e. The molecule has 0 radical (unpaired) electrons. The molecule has 0 amide bonds. The summed E-state index contributed by atoms with van der Waals surface area (Å²) in [5, 5.41) is 13.5. The Hall–Kier alpha value is -1.62. The number of rotatable bonds is 2. The van der Waals surface area contributed by atoms with E-state index in [-0.39, 0.29) is 5.11 Å². The largest absolute Gasteiger partial charge is 0.507 e. The SMILES string of the molecule is Cc1cc(C=NNC(N)=S)cc(C)c1O. The van der Waals surface area contributed by atoms with Gasteiger partial charge in [0.05, 0.1) is 6.21 Å². The number of benzene rings is 1. The fraction of sp³-hybridized carbons (Fsp3) is 0.200. The van der Waals surface area contributed by atoms with Crippen LogP contribution in [0.2, 0.25) is 0 Å². The number of thiocarbonyl (C=S) groups is 1. The first-order chi connectivity index (χ1) is 7.00. The lowest BCUT2D eigenvalue weighted by molar-refractivity contribution is 0.467. The van der Waals surface area contributed by atoms with Crippen molar-refractivity contribution in [2.45, 2.75) is 13.8 Å². The number of nitrogens with one attached hydrogen (secondary N) is 1. The van der Waals surface area contributed by atoms with E-state index in [2.05, 4.69) is 22.7 Å². The van der Waals surface area contributed by atoms with E-state index >= 15 is 0 Å². The zero-order chi connectivity index (χ0) is 11.4. The highest BCUT2D eigenvalue weighted by atomic mass is 32.1. The summed E-state index contributed by atoms with van der Waals surface area (Å²) in [6.07, 6.45) is 1.60. The monoisotopic (exact) mass is 223 g/mol. The van der Waals surface area contributed by atoms with Gasteiger partial charge in [0.2, 0.25) is 0 Å². The van der Waals surface area contributed by atoms with Crippen LogP contribution in [0.15, 0.2) is 17.2 Å². The second-order valence-corrected chi connectivity index (χ2v) is 3.68. The molecule has 0 fully saturated rings. The van der Waals surface area contributed by atoms with Crippen LogP contribution in [0, 0.1) is 13.8 Å². The molecule has 0 spiro atoms. The molecule has 0 aromatic heterocycles. The molecule has 0 aliphatic heterocycles. The molecule has 0 unspecified atom stereocenters. The smallest absolute Gasteiger partial charge is 0.184 e. The quantitative estimate of drug-likeness (QED) is 0.400. The Kier molecular flexibility index (Phi) is 3.62. The molecular weight excluding hydrogens is 210 g/mol. The van der Waals surface area contributed by atoms with Crippen molar-refractivity contribution >= 4 is 23.5 Å². The van der Waals surface area contributed by atoms with E-state index in [1.165, 1.54) is 0 Å². The number of nitrogens with two attached hydrogens (primary N) is 1. The molecule has 80 valence electrons. The topological polar surface area (TPSA) is 70.6 Å². The fourth-order valence-electron chi connectivity index (χ4n) is 1.23. The van der Waals surface area contributed by atoms with Crippen molar-refractivity contribution in [3.05, 3.63) is 28.8 Å². The van der Waals surface area contributed by atoms with Gasteiger partial charge in [0.15, 0.2) is 5.11 Å². The zero-order valence-corrected chi connectivity index (χ0v) is 9.43. The van der Waals surface area contributed by atoms with Crippen molar-refractivity contribution in [1.29, 1.82) is 0 Å². The van der Waals surface area contributed by atoms with Crippen molar-refractivity contribution in [2.24, 2.45) is 10.8 Å². The van der Waals surface area contributed by atoms with Crippen molar-refractivity contribution in [2.75, 3.05) is 0 Å². The molecule has 15 heavy (non-hydrogen) atoms. The van der Waals surface area contributed by atoms with E-state index in [1.807, 2.05) is 26.0 Å². The Morgan fingerprint density at radius 1 is 1.47 bits per heavy atom. The normalized spacial score (nSPS) is 10.5. The Morgan fingerprint density at radius 3 is 2.47 bits per heavy atom. The minimum atomic E-state index is 0.124. The van der Waals surface area contributed by atoms with Gasteiger partial charge in [-0.15, -0.1) is 0 Å². The van der Waals surface area contributed by atoms with E-state index < -0.39 is 0 Å². The molecule has 0 aliphatic rings. The number of nitrogens with zero attached hydrogens (tertiary/aromatic N) is 1. The molecule has 5 heteroatoms. The van der Waals surface area contributed by atoms with Crippen molar-refractivity contribution in [3.8, 4) is 5.75 Å². The summed E-state index contributed by atoms with van der Waals surface area (Å²) >= 11 is 4.60. The standard InChI is InChI=1S/C10H13N3OS/c1-6-3-8(4-7(2)9(6)14)5-12-13-10(11)15/h3-5,14H,1-2H3,(H3,11,13,15). The van der Waals surface area contributed by atoms with Gasteiger partial charge in [-0.05, 0) is 54.9 Å². The van der Waals surface area contributed by atoms with E-state index in [0.717, 1.165) is 16.7 Å². The highest BCUT2D eigenvalue weighted by Crippen LogP contribution is 2.21. The molecule has 1 aromatic carbocycles. The summed E-state index contributed by atoms with van der Waals surface area (Å²) in [6.45, 7) is 3.67. The second kappa shape index (κ2) is 4.75. The predicted octanol–water partition coefficient (Wildman–Crippen LogP) is 1.18. The van der Waals surface area contributed by atoms with E-state index in [0.29, 0.717) is 5.75 Å². The fourth-order valence-corrected chi connectivity index (χ4v) is 1.29. The van der Waals surface area contributed by atoms with Crippen molar-refractivity contribution in [3.63, 3.8) is 0 Å². The average Bonchev–Trinajstić information content (AvgIpc) is 2.13. The average molecular weight is 223 g/mol. The van der Waals surface area contributed by atoms with Gasteiger partial charge in [0.1, 0.15) is 5.75 Å². The Bertz CT molecular complexity index is 392. The van der Waals surface area contributed by atoms with Crippen LogP contribution in [0.25, 0.3) is 0 Å². The predicted molar refractivity (Wildman–Crippen MR) is 65.1 cm³/mol. The number of phenols is 1. The van der Waals surface area contributed by atoms with Crippen LogP contribution in [0.3, 0.4) is 0 Å². The molecule has 0 saturated heterocycles. The van der Waals surface area contributed by atoms with Gasteiger partial charge >= 0.3 is 0 Å². The van der Waals surface area contributed by atoms with E-state index in [1.54, 1.807) is 6.21 Å². The minimum absolute atomic E-state index is 0.124. The number of phenolic OH excluding ortho intramolecular Hbond substituents is 1. The first-order valence-corrected chi connectivity index (χ1v) is 4.80. The summed E-state index contributed by atoms with van der Waals surface area (Å²) in [5.41, 5.74) is 10.2. The van der Waals surface area contributed by atoms with E-state index in [4.69, 9.17) is 5.73 Å². The first kappa shape index (κ1) is 11.5. The number of hydrogen-bond acceptors (Lipinski definition) is 3. The summed E-state index contributed by atoms with van der Waals surface area (Å²) in [7, 11) is 0. The molecule has 4 nitrogen and oxygen atoms in total. The lowest BCUT2D eigenvalue weighted by Gasteiger charge is -2.04. The van der Waals surface area contributed by atoms with Crippen LogP contribution >= 0.6 is 12.2 Å². The lowest BCUT2D eigenvalue weighted by atomic mass is 10.1. The maximum atomic E-state index is 9.54. The summed E-state index contributed by atoms with van der Waals surface area (Å²) < 4.78 is 0. The molecule has 0 atom stereocenters. The molecule has 1 aromatic rings. The number of hydrogen-bond donors (Lipinski definition) is 3. The van der Waals surface area contributed by atoms with Gasteiger partial charge < -0.3 is 10.8 Å². The molecule has 4 N–H and O–H groups in total. The van der Waals surface area contributed by atoms with Crippen LogP contribution in [0.4, 0.5) is 0 Å². The van der Waals surface area contributed by atoms with E-state index in [9.17, 15) is 5.11 Å². The summed E-state index contributed by atoms with van der Waals surface area (Å²) in [6, 6.07) is 3.65. The van der Waals surface area contributed by atoms with Gasteiger partial charge in [0, 0.05) is 0 Å². The van der Waals surface area contributed by atoms with Gasteiger partial charge in [0.25, 0.3) is 0 Å². The van der Waals surface area contributed by atoms with Crippen LogP contribution in [-0.2, 0) is 0 Å². The van der Waals surface area contributed by atoms with Gasteiger partial charge in [-0.25, -0.2) is 0 Å². The maximum Gasteiger partial charge on any atom is 0.184 e. The van der Waals surface area contributed by atoms with Crippen LogP contribution in [-0.4, -0.2) is 16.4 Å². The van der Waals surface area contributed by atoms with Gasteiger partial charge in [-0.1, -0.05) is 0 Å². The van der Waals surface area contributed by atoms with Crippen molar-refractivity contribution < 1.29 is 5.11 Å². The molecule has 0 aliphatic carbocycles. The van der Waals surface area contributed by atoms with Crippen LogP contribution in [0.5, 0.6) is 5.75 Å². The van der Waals surface area contributed by atoms with Gasteiger partial charge in [-0.3, -0.25) is 5.43 Å². The molecule has 0 bridgehead atoms. The van der Waals surface area contributed by atoms with Crippen molar-refractivity contribution in [1.82, 2.24) is 5.43 Å². The zero-order valence-electron chi connectivity index (χ0n) is 8.61. The Morgan fingerprint density at radius 2 is 2.00 bits per heavy atom. The first-order valence-electron chi connectivity index (χ1n) is 4.39. The molecule has 1 rings (SSSR count). The number of hydrazone groups is 1. The third-order valence-electron chi connectivity index (χ3n) is 1.90. The third-order valence-corrected chi connectivity index (χ3v) is 1.99. The third kappa shape index (κ3) is 3.21. The van der Waals surface area contributed by atoms with Crippen LogP contribution < -0.4 is 11.2 Å². The highest BCUT2D eigenvalue weighted by Gasteiger charge is 2.01. The second-order valence-electron chi connectivity index (χ2n) is 3.24. The molecular formula is C10H13N3OS. The number of aromatic hydroxyl groups is 1. The Labute approximate surface area is 93.8 Å². The van der Waals surface area contributed by atoms with Gasteiger partial charge in [-0.2, -0.15) is 5.10 Å². The number of aryl methyl sites for hydroxylation is 2. The van der Waals surface area contributed by atoms with Crippen LogP contribution in [0.1, 0.15) is 16.7 Å². The lowest BCUT2D eigenvalue weighted by Crippen LogP contribution is -2.23. The molecule has 0 heterocycles. The summed E-state index contributed by atoms with van der Waals surface area (Å²) in [4.78, 5) is 0. The maximum absolute atomic E-state index is 9.54. The Balaban J connectivity index is 2.87. The summed E-state index contributed by atoms with van der Waals surface area (Å²) in [5.74, 6) is 0.314. The molecule has 0 saturated carbocycles.